The molecule has 0 atom stereocenters. The van der Waals surface area contributed by atoms with E-state index in [0.29, 0.717) is 16.8 Å². The summed E-state index contributed by atoms with van der Waals surface area (Å²) in [5, 5.41) is 20.9. The van der Waals surface area contributed by atoms with Crippen LogP contribution in [0.15, 0.2) is 12.1 Å². The van der Waals surface area contributed by atoms with Crippen molar-refractivity contribution in [2.45, 2.75) is 31.7 Å². The van der Waals surface area contributed by atoms with Crippen molar-refractivity contribution < 1.29 is 8.78 Å². The number of aryl methyl sites for hydroxylation is 1. The van der Waals surface area contributed by atoms with E-state index in [0.717, 1.165) is 5.56 Å². The van der Waals surface area contributed by atoms with Gasteiger partial charge in [-0.25, -0.2) is 8.78 Å². The molecule has 6 nitrogen and oxygen atoms in total. The molecule has 0 spiro atoms. The van der Waals surface area contributed by atoms with Gasteiger partial charge < -0.3 is 5.73 Å². The summed E-state index contributed by atoms with van der Waals surface area (Å²) in [6, 6.07) is 4.84. The average Bonchev–Trinajstić information content (AvgIpc) is 2.87. The van der Waals surface area contributed by atoms with E-state index < -0.39 is 12.0 Å². The summed E-state index contributed by atoms with van der Waals surface area (Å²) in [6.45, 7) is 1.79. The van der Waals surface area contributed by atoms with Crippen molar-refractivity contribution in [2.75, 3.05) is 5.73 Å². The summed E-state index contributed by atoms with van der Waals surface area (Å²) >= 11 is 0. The second-order valence-electron chi connectivity index (χ2n) is 5.22. The number of halogens is 2. The number of nitrogen functional groups attached to an aromatic ring is 1. The van der Waals surface area contributed by atoms with Gasteiger partial charge in [-0.2, -0.15) is 10.1 Å². The van der Waals surface area contributed by atoms with Crippen LogP contribution in [0.2, 0.25) is 0 Å². The van der Waals surface area contributed by atoms with Crippen molar-refractivity contribution in [3.8, 4) is 17.5 Å². The van der Waals surface area contributed by atoms with E-state index in [2.05, 4.69) is 15.4 Å². The number of nitrogens with zero attached hydrogens (tertiary/aromatic N) is 5. The van der Waals surface area contributed by atoms with Gasteiger partial charge in [0.05, 0.1) is 17.7 Å². The lowest BCUT2D eigenvalue weighted by molar-refractivity contribution is -0.110. The van der Waals surface area contributed by atoms with Gasteiger partial charge in [0.1, 0.15) is 0 Å². The zero-order valence-corrected chi connectivity index (χ0v) is 11.2. The lowest BCUT2D eigenvalue weighted by Crippen LogP contribution is -2.38. The number of nitrogens with two attached hydrogens (primary N) is 1. The van der Waals surface area contributed by atoms with E-state index in [1.807, 2.05) is 6.07 Å². The number of benzene rings is 1. The normalized spacial score (nSPS) is 17.2. The van der Waals surface area contributed by atoms with Crippen LogP contribution in [0.5, 0.6) is 0 Å². The van der Waals surface area contributed by atoms with Gasteiger partial charge in [-0.15, -0.1) is 10.2 Å². The molecule has 1 heterocycles. The molecule has 1 saturated carbocycles. The minimum absolute atomic E-state index is 0.216. The molecule has 1 fully saturated rings. The molecular formula is C13H12F2N6. The highest BCUT2D eigenvalue weighted by Crippen LogP contribution is 2.44. The summed E-state index contributed by atoms with van der Waals surface area (Å²) in [5.41, 5.74) is 7.95. The van der Waals surface area contributed by atoms with Crippen molar-refractivity contribution in [1.29, 1.82) is 5.26 Å². The maximum Gasteiger partial charge on any atom is 0.252 e. The smallest absolute Gasteiger partial charge is 0.252 e. The first-order chi connectivity index (χ1) is 9.89. The fraction of sp³-hybridized carbons (Fsp3) is 0.385. The largest absolute Gasteiger partial charge is 0.398 e. The fourth-order valence-corrected chi connectivity index (χ4v) is 2.28. The minimum atomic E-state index is -2.65. The maximum atomic E-state index is 12.9. The topological polar surface area (TPSA) is 93.4 Å². The predicted molar refractivity (Wildman–Crippen MR) is 70.3 cm³/mol. The highest BCUT2D eigenvalue weighted by Gasteiger charge is 2.47. The van der Waals surface area contributed by atoms with Crippen LogP contribution >= 0.6 is 0 Å². The number of hydrogen-bond acceptors (Lipinski definition) is 5. The van der Waals surface area contributed by atoms with Crippen molar-refractivity contribution in [1.82, 2.24) is 20.2 Å². The van der Waals surface area contributed by atoms with Gasteiger partial charge in [0.2, 0.25) is 5.82 Å². The standard InChI is InChI=1S/C13H12F2N6/c1-7-2-8(6-16)10(3-11(7)17)12-18-20-21(19-12)9-4-13(14,15)5-9/h2-3,9H,4-5,17H2,1H3. The molecule has 1 aliphatic carbocycles. The molecule has 3 rings (SSSR count). The zero-order valence-electron chi connectivity index (χ0n) is 11.2. The van der Waals surface area contributed by atoms with E-state index in [9.17, 15) is 8.78 Å². The number of aromatic nitrogens is 4. The Balaban J connectivity index is 1.94. The van der Waals surface area contributed by atoms with Gasteiger partial charge in [0, 0.05) is 24.1 Å². The Kier molecular flexibility index (Phi) is 2.86. The molecule has 108 valence electrons. The highest BCUT2D eigenvalue weighted by molar-refractivity contribution is 5.70. The first kappa shape index (κ1) is 13.4. The van der Waals surface area contributed by atoms with Crippen molar-refractivity contribution in [3.63, 3.8) is 0 Å². The molecule has 0 radical (unpaired) electrons. The van der Waals surface area contributed by atoms with Gasteiger partial charge in [-0.3, -0.25) is 0 Å². The molecule has 0 amide bonds. The first-order valence-electron chi connectivity index (χ1n) is 6.37. The molecule has 0 aliphatic heterocycles. The van der Waals surface area contributed by atoms with Crippen LogP contribution in [0.25, 0.3) is 11.4 Å². The number of hydrogen-bond donors (Lipinski definition) is 1. The second-order valence-corrected chi connectivity index (χ2v) is 5.22. The molecule has 8 heteroatoms. The Morgan fingerprint density at radius 1 is 1.43 bits per heavy atom. The summed E-state index contributed by atoms with van der Waals surface area (Å²) in [5.74, 6) is -2.43. The Hall–Kier alpha value is -2.56. The van der Waals surface area contributed by atoms with Gasteiger partial charge in [-0.1, -0.05) is 0 Å². The van der Waals surface area contributed by atoms with Crippen LogP contribution < -0.4 is 5.73 Å². The predicted octanol–water partition coefficient (Wildman–Crippen LogP) is 2.07. The van der Waals surface area contributed by atoms with Crippen LogP contribution in [0.1, 0.15) is 30.0 Å². The Bertz CT molecular complexity index is 738. The van der Waals surface area contributed by atoms with Crippen LogP contribution in [-0.4, -0.2) is 26.1 Å². The summed E-state index contributed by atoms with van der Waals surface area (Å²) in [7, 11) is 0. The molecule has 1 aliphatic rings. The molecule has 1 aromatic carbocycles. The van der Waals surface area contributed by atoms with Gasteiger partial charge in [-0.05, 0) is 29.8 Å². The van der Waals surface area contributed by atoms with E-state index in [1.165, 1.54) is 4.80 Å². The molecule has 2 aromatic rings. The lowest BCUT2D eigenvalue weighted by Gasteiger charge is -2.33. The van der Waals surface area contributed by atoms with Crippen LogP contribution in [-0.2, 0) is 0 Å². The zero-order chi connectivity index (χ0) is 15.2. The highest BCUT2D eigenvalue weighted by atomic mass is 19.3. The van der Waals surface area contributed by atoms with Crippen molar-refractivity contribution >= 4 is 5.69 Å². The molecule has 0 saturated heterocycles. The molecule has 2 N–H and O–H groups in total. The Labute approximate surface area is 119 Å². The molecule has 0 unspecified atom stereocenters. The van der Waals surface area contributed by atoms with Crippen molar-refractivity contribution in [3.05, 3.63) is 23.3 Å². The minimum Gasteiger partial charge on any atom is -0.398 e. The SMILES string of the molecule is Cc1cc(C#N)c(-c2nnn(C3CC(F)(F)C3)n2)cc1N. The summed E-state index contributed by atoms with van der Waals surface area (Å²) in [6.07, 6.45) is -0.576. The van der Waals surface area contributed by atoms with E-state index in [4.69, 9.17) is 11.0 Å². The molecular weight excluding hydrogens is 278 g/mol. The third-order valence-corrected chi connectivity index (χ3v) is 3.59. The average molecular weight is 290 g/mol. The number of anilines is 1. The third kappa shape index (κ3) is 2.31. The van der Waals surface area contributed by atoms with E-state index >= 15 is 0 Å². The van der Waals surface area contributed by atoms with Crippen LogP contribution in [0, 0.1) is 18.3 Å². The maximum absolute atomic E-state index is 12.9. The quantitative estimate of drug-likeness (QED) is 0.854. The van der Waals surface area contributed by atoms with E-state index in [-0.39, 0.29) is 18.7 Å². The van der Waals surface area contributed by atoms with Crippen LogP contribution in [0.3, 0.4) is 0 Å². The number of alkyl halides is 2. The van der Waals surface area contributed by atoms with E-state index in [1.54, 1.807) is 19.1 Å². The third-order valence-electron chi connectivity index (χ3n) is 3.59. The summed E-state index contributed by atoms with van der Waals surface area (Å²) < 4.78 is 25.7. The number of nitriles is 1. The molecule has 1 aromatic heterocycles. The van der Waals surface area contributed by atoms with Crippen LogP contribution in [0.4, 0.5) is 14.5 Å². The monoisotopic (exact) mass is 290 g/mol. The second kappa shape index (κ2) is 4.48. The Morgan fingerprint density at radius 3 is 2.76 bits per heavy atom. The molecule has 0 bridgehead atoms. The summed E-state index contributed by atoms with van der Waals surface area (Å²) in [4.78, 5) is 1.18. The first-order valence-corrected chi connectivity index (χ1v) is 6.37. The van der Waals surface area contributed by atoms with Crippen molar-refractivity contribution in [2.24, 2.45) is 0 Å². The number of tetrazole rings is 1. The van der Waals surface area contributed by atoms with Gasteiger partial charge in [0.25, 0.3) is 5.92 Å². The van der Waals surface area contributed by atoms with Gasteiger partial charge in [0.15, 0.2) is 0 Å². The lowest BCUT2D eigenvalue weighted by atomic mass is 9.89. The molecule has 21 heavy (non-hydrogen) atoms. The van der Waals surface area contributed by atoms with Gasteiger partial charge >= 0.3 is 0 Å². The fourth-order valence-electron chi connectivity index (χ4n) is 2.28. The number of rotatable bonds is 2. The Morgan fingerprint density at radius 2 is 2.14 bits per heavy atom.